The van der Waals surface area contributed by atoms with Gasteiger partial charge in [0.2, 0.25) is 11.7 Å². The minimum Gasteiger partial charge on any atom is -0.368 e. The van der Waals surface area contributed by atoms with Crippen LogP contribution in [0.15, 0.2) is 47.2 Å². The molecule has 8 nitrogen and oxygen atoms in total. The highest BCUT2D eigenvalue weighted by Gasteiger charge is 2.16. The molecule has 0 radical (unpaired) electrons. The smallest absolute Gasteiger partial charge is 0.259 e. The summed E-state index contributed by atoms with van der Waals surface area (Å²) in [6.45, 7) is 4.12. The van der Waals surface area contributed by atoms with E-state index in [2.05, 4.69) is 20.4 Å². The molecule has 4 aromatic rings. The molecule has 0 fully saturated rings. The number of carbonyl (C=O) groups excluding carboxylic acids is 1. The Bertz CT molecular complexity index is 1200. The third-order valence-corrected chi connectivity index (χ3v) is 4.61. The van der Waals surface area contributed by atoms with Gasteiger partial charge in [-0.15, -0.1) is 0 Å². The zero-order chi connectivity index (χ0) is 20.5. The monoisotopic (exact) mass is 410 g/mol. The number of primary amides is 1. The van der Waals surface area contributed by atoms with Gasteiger partial charge in [-0.2, -0.15) is 4.98 Å². The van der Waals surface area contributed by atoms with Crippen molar-refractivity contribution >= 4 is 34.2 Å². The number of nitrogens with one attached hydrogen (secondary N) is 1. The summed E-state index contributed by atoms with van der Waals surface area (Å²) in [4.78, 5) is 20.1. The normalized spacial score (nSPS) is 11.3. The molecule has 0 bridgehead atoms. The van der Waals surface area contributed by atoms with Gasteiger partial charge in [0.25, 0.3) is 5.89 Å². The Hall–Kier alpha value is -3.39. The summed E-state index contributed by atoms with van der Waals surface area (Å²) in [7, 11) is 0. The van der Waals surface area contributed by atoms with Crippen molar-refractivity contribution in [1.29, 1.82) is 0 Å². The summed E-state index contributed by atoms with van der Waals surface area (Å²) in [6.07, 6.45) is 3.45. The van der Waals surface area contributed by atoms with Crippen molar-refractivity contribution in [2.24, 2.45) is 5.73 Å². The van der Waals surface area contributed by atoms with Crippen LogP contribution in [0.1, 0.15) is 13.8 Å². The van der Waals surface area contributed by atoms with E-state index in [0.29, 0.717) is 28.1 Å². The predicted molar refractivity (Wildman–Crippen MR) is 111 cm³/mol. The first kappa shape index (κ1) is 18.9. The van der Waals surface area contributed by atoms with Crippen molar-refractivity contribution in [2.45, 2.75) is 26.4 Å². The van der Waals surface area contributed by atoms with Gasteiger partial charge in [-0.25, -0.2) is 4.98 Å². The lowest BCUT2D eigenvalue weighted by Crippen LogP contribution is -2.17. The second-order valence-corrected chi connectivity index (χ2v) is 7.33. The number of nitrogens with zero attached hydrogens (tertiary/aromatic N) is 4. The second kappa shape index (κ2) is 7.56. The van der Waals surface area contributed by atoms with Gasteiger partial charge in [0.15, 0.2) is 0 Å². The van der Waals surface area contributed by atoms with Crippen LogP contribution in [0.3, 0.4) is 0 Å². The molecule has 0 aliphatic carbocycles. The van der Waals surface area contributed by atoms with E-state index in [1.54, 1.807) is 16.8 Å². The Morgan fingerprint density at radius 3 is 2.90 bits per heavy atom. The molecular formula is C20H19ClN6O2. The highest BCUT2D eigenvalue weighted by Crippen LogP contribution is 2.31. The number of anilines is 1. The molecule has 3 N–H and O–H groups in total. The zero-order valence-electron chi connectivity index (χ0n) is 15.9. The van der Waals surface area contributed by atoms with Crippen molar-refractivity contribution in [3.8, 4) is 22.8 Å². The van der Waals surface area contributed by atoms with Crippen molar-refractivity contribution in [2.75, 3.05) is 5.32 Å². The predicted octanol–water partition coefficient (Wildman–Crippen LogP) is 3.71. The molecule has 0 aliphatic rings. The maximum absolute atomic E-state index is 11.3. The fraction of sp³-hybridized carbons (Fsp3) is 0.200. The summed E-state index contributed by atoms with van der Waals surface area (Å²) >= 11 is 6.31. The number of nitrogens with two attached hydrogens (primary N) is 1. The van der Waals surface area contributed by atoms with Crippen LogP contribution >= 0.6 is 11.6 Å². The van der Waals surface area contributed by atoms with E-state index < -0.39 is 5.91 Å². The molecule has 4 rings (SSSR count). The number of pyridine rings is 1. The van der Waals surface area contributed by atoms with Gasteiger partial charge in [0.1, 0.15) is 12.4 Å². The highest BCUT2D eigenvalue weighted by atomic mass is 35.5. The number of aromatic nitrogens is 4. The third kappa shape index (κ3) is 3.79. The van der Waals surface area contributed by atoms with Crippen molar-refractivity contribution in [3.63, 3.8) is 0 Å². The third-order valence-electron chi connectivity index (χ3n) is 4.32. The van der Waals surface area contributed by atoms with Gasteiger partial charge in [-0.05, 0) is 32.0 Å². The highest BCUT2D eigenvalue weighted by molar-refractivity contribution is 6.33. The Morgan fingerprint density at radius 2 is 2.17 bits per heavy atom. The lowest BCUT2D eigenvalue weighted by molar-refractivity contribution is -0.118. The lowest BCUT2D eigenvalue weighted by Gasteiger charge is -2.10. The average Bonchev–Trinajstić information content (AvgIpc) is 3.30. The minimum atomic E-state index is -0.408. The molecule has 3 aromatic heterocycles. The molecule has 29 heavy (non-hydrogen) atoms. The molecule has 1 aromatic carbocycles. The summed E-state index contributed by atoms with van der Waals surface area (Å²) < 4.78 is 7.22. The quantitative estimate of drug-likeness (QED) is 0.501. The first-order valence-electron chi connectivity index (χ1n) is 9.05. The molecule has 0 spiro atoms. The molecule has 0 saturated carbocycles. The van der Waals surface area contributed by atoms with Gasteiger partial charge >= 0.3 is 0 Å². The number of amides is 1. The van der Waals surface area contributed by atoms with Crippen LogP contribution in [-0.2, 0) is 11.3 Å². The largest absolute Gasteiger partial charge is 0.368 e. The van der Waals surface area contributed by atoms with Crippen LogP contribution < -0.4 is 11.1 Å². The van der Waals surface area contributed by atoms with Gasteiger partial charge in [0.05, 0.1) is 10.6 Å². The zero-order valence-corrected chi connectivity index (χ0v) is 16.6. The minimum absolute atomic E-state index is 0.103. The molecule has 9 heteroatoms. The van der Waals surface area contributed by atoms with Crippen LogP contribution in [0, 0.1) is 0 Å². The molecule has 0 atom stereocenters. The summed E-state index contributed by atoms with van der Waals surface area (Å²) in [5, 5.41) is 8.65. The van der Waals surface area contributed by atoms with E-state index in [1.807, 2.05) is 44.3 Å². The molecular weight excluding hydrogens is 392 g/mol. The van der Waals surface area contributed by atoms with Crippen LogP contribution in [0.25, 0.3) is 33.7 Å². The Balaban J connectivity index is 1.69. The first-order chi connectivity index (χ1) is 13.9. The van der Waals surface area contributed by atoms with Crippen LogP contribution in [-0.4, -0.2) is 31.6 Å². The van der Waals surface area contributed by atoms with Crippen molar-refractivity contribution in [1.82, 2.24) is 19.7 Å². The fourth-order valence-corrected chi connectivity index (χ4v) is 3.33. The van der Waals surface area contributed by atoms with Crippen LogP contribution in [0.2, 0.25) is 5.02 Å². The van der Waals surface area contributed by atoms with Gasteiger partial charge in [0, 0.05) is 34.9 Å². The van der Waals surface area contributed by atoms with Crippen LogP contribution in [0.4, 0.5) is 5.82 Å². The van der Waals surface area contributed by atoms with Gasteiger partial charge in [-0.1, -0.05) is 28.9 Å². The summed E-state index contributed by atoms with van der Waals surface area (Å²) in [6, 6.07) is 9.52. The van der Waals surface area contributed by atoms with E-state index in [-0.39, 0.29) is 12.6 Å². The van der Waals surface area contributed by atoms with E-state index >= 15 is 0 Å². The van der Waals surface area contributed by atoms with E-state index in [0.717, 1.165) is 16.5 Å². The van der Waals surface area contributed by atoms with Crippen molar-refractivity contribution in [3.05, 3.63) is 47.7 Å². The Kier molecular flexibility index (Phi) is 4.94. The van der Waals surface area contributed by atoms with E-state index in [4.69, 9.17) is 21.9 Å². The average molecular weight is 411 g/mol. The summed E-state index contributed by atoms with van der Waals surface area (Å²) in [5.41, 5.74) is 7.60. The molecule has 0 aliphatic heterocycles. The lowest BCUT2D eigenvalue weighted by atomic mass is 10.1. The molecule has 3 heterocycles. The van der Waals surface area contributed by atoms with Crippen LogP contribution in [0.5, 0.6) is 0 Å². The number of hydrogen-bond acceptors (Lipinski definition) is 6. The Labute approximate surface area is 171 Å². The fourth-order valence-electron chi connectivity index (χ4n) is 3.11. The van der Waals surface area contributed by atoms with Gasteiger partial charge in [-0.3, -0.25) is 4.79 Å². The number of halogens is 1. The topological polar surface area (TPSA) is 112 Å². The molecule has 1 amide bonds. The van der Waals surface area contributed by atoms with E-state index in [9.17, 15) is 4.79 Å². The molecule has 148 valence electrons. The molecule has 0 unspecified atom stereocenters. The number of rotatable bonds is 6. The number of benzene rings is 1. The SMILES string of the molecule is CC(C)Nc1ncc(-c2nc(-c3cccc4c3ccn4CC(N)=O)no2)cc1Cl. The number of fused-ring (bicyclic) bond motifs is 1. The van der Waals surface area contributed by atoms with Crippen molar-refractivity contribution < 1.29 is 9.32 Å². The van der Waals surface area contributed by atoms with E-state index in [1.165, 1.54) is 0 Å². The Morgan fingerprint density at radius 1 is 1.34 bits per heavy atom. The second-order valence-electron chi connectivity index (χ2n) is 6.92. The number of hydrogen-bond donors (Lipinski definition) is 2. The summed E-state index contributed by atoms with van der Waals surface area (Å²) in [5.74, 6) is 0.947. The number of carbonyl (C=O) groups is 1. The maximum Gasteiger partial charge on any atom is 0.259 e. The molecule has 0 saturated heterocycles. The maximum atomic E-state index is 11.3. The first-order valence-corrected chi connectivity index (χ1v) is 9.43. The van der Waals surface area contributed by atoms with Gasteiger partial charge < -0.3 is 20.1 Å². The standard InChI is InChI=1S/C20H19ClN6O2/c1-11(2)24-19-15(21)8-12(9-23-19)20-25-18(26-29-20)14-4-3-5-16-13(14)6-7-27(16)10-17(22)28/h3-9,11H,10H2,1-2H3,(H2,22,28)(H,23,24).